The fourth-order valence-electron chi connectivity index (χ4n) is 1.69. The van der Waals surface area contributed by atoms with Gasteiger partial charge in [0.05, 0.1) is 0 Å². The number of rotatable bonds is 5. The van der Waals surface area contributed by atoms with Gasteiger partial charge in [-0.2, -0.15) is 12.6 Å². The highest BCUT2D eigenvalue weighted by Crippen LogP contribution is 2.13. The summed E-state index contributed by atoms with van der Waals surface area (Å²) in [4.78, 5) is 0. The minimum atomic E-state index is -2.74. The second-order valence-corrected chi connectivity index (χ2v) is 6.68. The number of thiol groups is 1. The SMILES string of the molecule is CO[Si](OC)(OC)c1cc(C)ccc1CS. The summed E-state index contributed by atoms with van der Waals surface area (Å²) in [6.07, 6.45) is 0. The summed E-state index contributed by atoms with van der Waals surface area (Å²) in [5, 5.41) is 0.995. The average molecular weight is 258 g/mol. The van der Waals surface area contributed by atoms with Crippen LogP contribution < -0.4 is 5.19 Å². The van der Waals surface area contributed by atoms with Gasteiger partial charge in [-0.25, -0.2) is 0 Å². The summed E-state index contributed by atoms with van der Waals surface area (Å²) in [6, 6.07) is 6.14. The van der Waals surface area contributed by atoms with Gasteiger partial charge in [0.25, 0.3) is 0 Å². The van der Waals surface area contributed by atoms with Crippen molar-refractivity contribution in [2.75, 3.05) is 21.3 Å². The lowest BCUT2D eigenvalue weighted by Gasteiger charge is -2.26. The van der Waals surface area contributed by atoms with Crippen molar-refractivity contribution < 1.29 is 13.3 Å². The van der Waals surface area contributed by atoms with E-state index >= 15 is 0 Å². The highest BCUT2D eigenvalue weighted by atomic mass is 32.1. The third-order valence-corrected chi connectivity index (χ3v) is 5.65. The first-order valence-electron chi connectivity index (χ1n) is 4.99. The molecular formula is C11H18O3SSi. The van der Waals surface area contributed by atoms with Crippen LogP contribution in [-0.2, 0) is 19.0 Å². The molecule has 0 saturated heterocycles. The number of aryl methyl sites for hydroxylation is 1. The molecule has 0 amide bonds. The first-order valence-corrected chi connectivity index (χ1v) is 7.35. The number of hydrogen-bond donors (Lipinski definition) is 1. The van der Waals surface area contributed by atoms with E-state index in [1.165, 1.54) is 0 Å². The van der Waals surface area contributed by atoms with Gasteiger partial charge in [0.15, 0.2) is 0 Å². The predicted octanol–water partition coefficient (Wildman–Crippen LogP) is 1.51. The van der Waals surface area contributed by atoms with Crippen LogP contribution in [0.2, 0.25) is 0 Å². The molecule has 0 unspecified atom stereocenters. The van der Waals surface area contributed by atoms with Crippen LogP contribution >= 0.6 is 12.6 Å². The Bertz CT molecular complexity index is 345. The van der Waals surface area contributed by atoms with Gasteiger partial charge < -0.3 is 13.3 Å². The van der Waals surface area contributed by atoms with E-state index in [-0.39, 0.29) is 0 Å². The van der Waals surface area contributed by atoms with Crippen LogP contribution in [0.15, 0.2) is 18.2 Å². The minimum absolute atomic E-state index is 0.639. The normalized spacial score (nSPS) is 11.8. The summed E-state index contributed by atoms with van der Waals surface area (Å²) in [6.45, 7) is 2.03. The molecule has 0 N–H and O–H groups in total. The van der Waals surface area contributed by atoms with Crippen LogP contribution in [0.1, 0.15) is 11.1 Å². The smallest absolute Gasteiger partial charge is 0.373 e. The maximum atomic E-state index is 5.48. The standard InChI is InChI=1S/C11H18O3SSi/c1-9-5-6-10(8-15)11(7-9)16(12-2,13-3)14-4/h5-7,15H,8H2,1-4H3. The summed E-state index contributed by atoms with van der Waals surface area (Å²) in [5.41, 5.74) is 2.25. The molecule has 0 aliphatic rings. The van der Waals surface area contributed by atoms with E-state index in [0.29, 0.717) is 5.75 Å². The van der Waals surface area contributed by atoms with Crippen molar-refractivity contribution in [3.05, 3.63) is 29.3 Å². The van der Waals surface area contributed by atoms with Crippen LogP contribution in [0.5, 0.6) is 0 Å². The molecule has 1 aromatic carbocycles. The predicted molar refractivity (Wildman–Crippen MR) is 70.3 cm³/mol. The molecule has 0 atom stereocenters. The quantitative estimate of drug-likeness (QED) is 0.641. The van der Waals surface area contributed by atoms with E-state index in [1.54, 1.807) is 21.3 Å². The lowest BCUT2D eigenvalue weighted by molar-refractivity contribution is 0.140. The molecule has 0 aliphatic carbocycles. The number of hydrogen-bond acceptors (Lipinski definition) is 4. The molecule has 90 valence electrons. The first-order chi connectivity index (χ1) is 7.63. The molecule has 1 rings (SSSR count). The highest BCUT2D eigenvalue weighted by Gasteiger charge is 2.42. The van der Waals surface area contributed by atoms with E-state index in [0.717, 1.165) is 16.3 Å². The van der Waals surface area contributed by atoms with Gasteiger partial charge in [-0.05, 0) is 12.5 Å². The molecule has 5 heteroatoms. The molecule has 0 fully saturated rings. The largest absolute Gasteiger partial charge is 0.536 e. The van der Waals surface area contributed by atoms with Crippen molar-refractivity contribution in [2.45, 2.75) is 12.7 Å². The van der Waals surface area contributed by atoms with Crippen LogP contribution in [-0.4, -0.2) is 30.1 Å². The Hall–Kier alpha value is -0.333. The molecule has 1 aromatic rings. The van der Waals surface area contributed by atoms with Crippen LogP contribution in [0.4, 0.5) is 0 Å². The zero-order valence-corrected chi connectivity index (χ0v) is 12.0. The molecule has 0 aromatic heterocycles. The Morgan fingerprint density at radius 1 is 1.12 bits per heavy atom. The molecule has 16 heavy (non-hydrogen) atoms. The Labute approximate surface area is 104 Å². The Balaban J connectivity index is 3.32. The van der Waals surface area contributed by atoms with E-state index in [4.69, 9.17) is 13.3 Å². The van der Waals surface area contributed by atoms with Gasteiger partial charge in [0.1, 0.15) is 0 Å². The van der Waals surface area contributed by atoms with Gasteiger partial charge in [-0.3, -0.25) is 0 Å². The molecule has 0 aliphatic heterocycles. The van der Waals surface area contributed by atoms with Crippen LogP contribution in [0, 0.1) is 6.92 Å². The molecule has 0 spiro atoms. The minimum Gasteiger partial charge on any atom is -0.373 e. The second-order valence-electron chi connectivity index (χ2n) is 3.49. The van der Waals surface area contributed by atoms with E-state index in [2.05, 4.69) is 18.7 Å². The van der Waals surface area contributed by atoms with Crippen molar-refractivity contribution in [1.82, 2.24) is 0 Å². The van der Waals surface area contributed by atoms with Crippen LogP contribution in [0.3, 0.4) is 0 Å². The molecule has 3 nitrogen and oxygen atoms in total. The topological polar surface area (TPSA) is 27.7 Å². The molecule has 0 heterocycles. The first kappa shape index (κ1) is 13.7. The summed E-state index contributed by atoms with van der Waals surface area (Å²) >= 11 is 4.32. The van der Waals surface area contributed by atoms with Crippen LogP contribution in [0.25, 0.3) is 0 Å². The zero-order valence-electron chi connectivity index (χ0n) is 10.1. The van der Waals surface area contributed by atoms with Gasteiger partial charge >= 0.3 is 8.80 Å². The maximum absolute atomic E-state index is 5.48. The highest BCUT2D eigenvalue weighted by molar-refractivity contribution is 7.79. The summed E-state index contributed by atoms with van der Waals surface area (Å²) < 4.78 is 16.4. The molecule has 0 saturated carbocycles. The third-order valence-electron chi connectivity index (χ3n) is 2.57. The van der Waals surface area contributed by atoms with E-state index in [1.807, 2.05) is 19.1 Å². The monoisotopic (exact) mass is 258 g/mol. The van der Waals surface area contributed by atoms with Crippen molar-refractivity contribution in [3.8, 4) is 0 Å². The Morgan fingerprint density at radius 2 is 1.69 bits per heavy atom. The Morgan fingerprint density at radius 3 is 2.12 bits per heavy atom. The maximum Gasteiger partial charge on any atom is 0.536 e. The zero-order chi connectivity index (χ0) is 12.2. The lowest BCUT2D eigenvalue weighted by Crippen LogP contribution is -2.56. The fraction of sp³-hybridized carbons (Fsp3) is 0.455. The molecule has 0 radical (unpaired) electrons. The van der Waals surface area contributed by atoms with Crippen molar-refractivity contribution >= 4 is 26.6 Å². The second kappa shape index (κ2) is 5.84. The Kier molecular flexibility index (Phi) is 5.01. The third kappa shape index (κ3) is 2.49. The summed E-state index contributed by atoms with van der Waals surface area (Å²) in [5.74, 6) is 0.639. The van der Waals surface area contributed by atoms with Gasteiger partial charge in [-0.1, -0.05) is 23.8 Å². The molecule has 0 bridgehead atoms. The fourth-order valence-corrected chi connectivity index (χ4v) is 4.25. The molecular weight excluding hydrogens is 240 g/mol. The van der Waals surface area contributed by atoms with Crippen molar-refractivity contribution in [3.63, 3.8) is 0 Å². The van der Waals surface area contributed by atoms with E-state index in [9.17, 15) is 0 Å². The van der Waals surface area contributed by atoms with Gasteiger partial charge in [0.2, 0.25) is 0 Å². The van der Waals surface area contributed by atoms with Gasteiger partial charge in [0, 0.05) is 32.3 Å². The number of benzene rings is 1. The van der Waals surface area contributed by atoms with Crippen molar-refractivity contribution in [1.29, 1.82) is 0 Å². The average Bonchev–Trinajstić information content (AvgIpc) is 2.32. The lowest BCUT2D eigenvalue weighted by atomic mass is 10.2. The van der Waals surface area contributed by atoms with Crippen molar-refractivity contribution in [2.24, 2.45) is 0 Å². The summed E-state index contributed by atoms with van der Waals surface area (Å²) in [7, 11) is 2.11. The van der Waals surface area contributed by atoms with Gasteiger partial charge in [-0.15, -0.1) is 0 Å². The van der Waals surface area contributed by atoms with E-state index < -0.39 is 8.80 Å².